The Morgan fingerprint density at radius 2 is 2.12 bits per heavy atom. The Morgan fingerprint density at radius 1 is 1.24 bits per heavy atom. The fraction of sp³-hybridized carbons (Fsp3) is 0.385. The summed E-state index contributed by atoms with van der Waals surface area (Å²) in [5.41, 5.74) is 2.43. The molecule has 2 aromatic rings. The van der Waals surface area contributed by atoms with Gasteiger partial charge in [0.05, 0.1) is 19.8 Å². The molecule has 2 rings (SSSR count). The molecule has 0 aliphatic heterocycles. The summed E-state index contributed by atoms with van der Waals surface area (Å²) in [6.45, 7) is 2.74. The Hall–Kier alpha value is -1.36. The molecule has 0 bridgehead atoms. The Balaban J connectivity index is 1.79. The van der Waals surface area contributed by atoms with Gasteiger partial charge in [0.15, 0.2) is 0 Å². The van der Waals surface area contributed by atoms with E-state index in [-0.39, 0.29) is 6.61 Å². The van der Waals surface area contributed by atoms with Crippen molar-refractivity contribution in [2.75, 3.05) is 26.4 Å². The predicted molar refractivity (Wildman–Crippen MR) is 67.9 cm³/mol. The number of hydrogen-bond donors (Lipinski definition) is 3. The highest BCUT2D eigenvalue weighted by Gasteiger charge is 2.01. The summed E-state index contributed by atoms with van der Waals surface area (Å²) < 4.78 is 5.17. The van der Waals surface area contributed by atoms with Gasteiger partial charge in [-0.3, -0.25) is 0 Å². The molecule has 1 heterocycles. The molecule has 0 radical (unpaired) electrons. The summed E-state index contributed by atoms with van der Waals surface area (Å²) in [7, 11) is 0. The van der Waals surface area contributed by atoms with E-state index in [0.717, 1.165) is 13.1 Å². The molecule has 0 spiro atoms. The minimum atomic E-state index is 0.0858. The van der Waals surface area contributed by atoms with Crippen LogP contribution in [0.1, 0.15) is 5.56 Å². The van der Waals surface area contributed by atoms with Crippen LogP contribution in [-0.4, -0.2) is 36.5 Å². The maximum atomic E-state index is 8.54. The third-order valence-corrected chi connectivity index (χ3v) is 2.65. The zero-order valence-electron chi connectivity index (χ0n) is 9.78. The van der Waals surface area contributed by atoms with E-state index in [1.54, 1.807) is 0 Å². The number of H-pyrrole nitrogens is 1. The van der Waals surface area contributed by atoms with Crippen molar-refractivity contribution in [2.24, 2.45) is 0 Å². The summed E-state index contributed by atoms with van der Waals surface area (Å²) in [6, 6.07) is 8.26. The summed E-state index contributed by atoms with van der Waals surface area (Å²) >= 11 is 0. The van der Waals surface area contributed by atoms with Crippen molar-refractivity contribution in [1.29, 1.82) is 0 Å². The number of aromatic nitrogens is 1. The van der Waals surface area contributed by atoms with Gasteiger partial charge in [-0.2, -0.15) is 0 Å². The van der Waals surface area contributed by atoms with Crippen LogP contribution in [-0.2, 0) is 11.3 Å². The molecule has 0 atom stereocenters. The molecule has 0 amide bonds. The maximum Gasteiger partial charge on any atom is 0.0698 e. The van der Waals surface area contributed by atoms with E-state index >= 15 is 0 Å². The van der Waals surface area contributed by atoms with E-state index in [1.807, 2.05) is 18.3 Å². The minimum Gasteiger partial charge on any atom is -0.394 e. The molecule has 4 nitrogen and oxygen atoms in total. The average molecular weight is 234 g/mol. The molecule has 17 heavy (non-hydrogen) atoms. The molecule has 0 aliphatic carbocycles. The smallest absolute Gasteiger partial charge is 0.0698 e. The van der Waals surface area contributed by atoms with Crippen molar-refractivity contribution in [3.63, 3.8) is 0 Å². The van der Waals surface area contributed by atoms with E-state index in [2.05, 4.69) is 22.4 Å². The molecular formula is C13H18N2O2. The first kappa shape index (κ1) is 12.1. The lowest BCUT2D eigenvalue weighted by Crippen LogP contribution is -2.19. The topological polar surface area (TPSA) is 57.3 Å². The van der Waals surface area contributed by atoms with Crippen molar-refractivity contribution >= 4 is 10.9 Å². The normalized spacial score (nSPS) is 11.1. The zero-order valence-corrected chi connectivity index (χ0v) is 9.78. The van der Waals surface area contributed by atoms with Crippen LogP contribution in [0.15, 0.2) is 30.5 Å². The summed E-state index contributed by atoms with van der Waals surface area (Å²) in [5, 5.41) is 13.1. The van der Waals surface area contributed by atoms with Gasteiger partial charge < -0.3 is 20.1 Å². The number of ether oxygens (including phenoxy) is 1. The number of benzene rings is 1. The highest BCUT2D eigenvalue weighted by atomic mass is 16.5. The second-order valence-corrected chi connectivity index (χ2v) is 3.87. The molecule has 0 aliphatic rings. The predicted octanol–water partition coefficient (Wildman–Crippen LogP) is 1.27. The molecule has 0 fully saturated rings. The van der Waals surface area contributed by atoms with Crippen LogP contribution in [0.3, 0.4) is 0 Å². The molecule has 0 saturated heterocycles. The first-order valence-electron chi connectivity index (χ1n) is 5.86. The Bertz CT molecular complexity index is 453. The number of nitrogens with one attached hydrogen (secondary N) is 2. The van der Waals surface area contributed by atoms with Gasteiger partial charge in [0.1, 0.15) is 0 Å². The monoisotopic (exact) mass is 234 g/mol. The summed E-state index contributed by atoms with van der Waals surface area (Å²) in [5.74, 6) is 0. The number of hydrogen-bond acceptors (Lipinski definition) is 3. The van der Waals surface area contributed by atoms with E-state index < -0.39 is 0 Å². The Morgan fingerprint density at radius 3 is 3.00 bits per heavy atom. The van der Waals surface area contributed by atoms with Crippen molar-refractivity contribution in [2.45, 2.75) is 6.54 Å². The van der Waals surface area contributed by atoms with Crippen LogP contribution in [0.25, 0.3) is 10.9 Å². The zero-order chi connectivity index (χ0) is 11.9. The number of aliphatic hydroxyl groups is 1. The SMILES string of the molecule is OCCOCCNCc1c[nH]c2ccccc12. The molecular weight excluding hydrogens is 216 g/mol. The van der Waals surface area contributed by atoms with Gasteiger partial charge in [-0.05, 0) is 11.6 Å². The number of para-hydroxylation sites is 1. The lowest BCUT2D eigenvalue weighted by Gasteiger charge is -2.04. The van der Waals surface area contributed by atoms with Crippen molar-refractivity contribution in [3.8, 4) is 0 Å². The molecule has 0 unspecified atom stereocenters. The molecule has 4 heteroatoms. The van der Waals surface area contributed by atoms with E-state index in [9.17, 15) is 0 Å². The van der Waals surface area contributed by atoms with Crippen LogP contribution in [0.4, 0.5) is 0 Å². The van der Waals surface area contributed by atoms with Gasteiger partial charge in [-0.25, -0.2) is 0 Å². The van der Waals surface area contributed by atoms with Crippen LogP contribution < -0.4 is 5.32 Å². The molecule has 3 N–H and O–H groups in total. The number of fused-ring (bicyclic) bond motifs is 1. The largest absolute Gasteiger partial charge is 0.394 e. The quantitative estimate of drug-likeness (QED) is 0.632. The summed E-state index contributed by atoms with van der Waals surface area (Å²) in [4.78, 5) is 3.25. The first-order chi connectivity index (χ1) is 8.42. The molecule has 1 aromatic carbocycles. The van der Waals surface area contributed by atoms with Gasteiger partial charge in [-0.1, -0.05) is 18.2 Å². The average Bonchev–Trinajstić information content (AvgIpc) is 2.77. The van der Waals surface area contributed by atoms with E-state index in [0.29, 0.717) is 13.2 Å². The highest BCUT2D eigenvalue weighted by molar-refractivity contribution is 5.82. The standard InChI is InChI=1S/C13H18N2O2/c16-6-8-17-7-5-14-9-11-10-15-13-4-2-1-3-12(11)13/h1-4,10,14-16H,5-9H2. The highest BCUT2D eigenvalue weighted by Crippen LogP contribution is 2.16. The third kappa shape index (κ3) is 3.30. The van der Waals surface area contributed by atoms with Crippen LogP contribution >= 0.6 is 0 Å². The van der Waals surface area contributed by atoms with Crippen molar-refractivity contribution in [1.82, 2.24) is 10.3 Å². The minimum absolute atomic E-state index is 0.0858. The first-order valence-corrected chi connectivity index (χ1v) is 5.86. The molecule has 0 saturated carbocycles. The van der Waals surface area contributed by atoms with Gasteiger partial charge in [0, 0.05) is 30.2 Å². The fourth-order valence-electron chi connectivity index (χ4n) is 1.81. The van der Waals surface area contributed by atoms with Gasteiger partial charge in [0.25, 0.3) is 0 Å². The van der Waals surface area contributed by atoms with Crippen molar-refractivity contribution in [3.05, 3.63) is 36.0 Å². The van der Waals surface area contributed by atoms with Crippen LogP contribution in [0.5, 0.6) is 0 Å². The second-order valence-electron chi connectivity index (χ2n) is 3.87. The third-order valence-electron chi connectivity index (χ3n) is 2.65. The fourth-order valence-corrected chi connectivity index (χ4v) is 1.81. The van der Waals surface area contributed by atoms with Crippen molar-refractivity contribution < 1.29 is 9.84 Å². The van der Waals surface area contributed by atoms with E-state index in [4.69, 9.17) is 9.84 Å². The molecule has 1 aromatic heterocycles. The lowest BCUT2D eigenvalue weighted by molar-refractivity contribution is 0.0938. The van der Waals surface area contributed by atoms with Gasteiger partial charge >= 0.3 is 0 Å². The Labute approximate surface area is 101 Å². The maximum absolute atomic E-state index is 8.54. The number of rotatable bonds is 7. The van der Waals surface area contributed by atoms with E-state index in [1.165, 1.54) is 16.5 Å². The Kier molecular flexibility index (Phi) is 4.55. The molecule has 92 valence electrons. The van der Waals surface area contributed by atoms with Gasteiger partial charge in [0.2, 0.25) is 0 Å². The number of aliphatic hydroxyl groups excluding tert-OH is 1. The van der Waals surface area contributed by atoms with Crippen LogP contribution in [0.2, 0.25) is 0 Å². The summed E-state index contributed by atoms with van der Waals surface area (Å²) in [6.07, 6.45) is 2.03. The second kappa shape index (κ2) is 6.39. The lowest BCUT2D eigenvalue weighted by atomic mass is 10.2. The van der Waals surface area contributed by atoms with Crippen LogP contribution in [0, 0.1) is 0 Å². The van der Waals surface area contributed by atoms with Gasteiger partial charge in [-0.15, -0.1) is 0 Å². The number of aromatic amines is 1.